The summed E-state index contributed by atoms with van der Waals surface area (Å²) in [7, 11) is -25.0. The van der Waals surface area contributed by atoms with Gasteiger partial charge in [-0.2, -0.15) is 13.6 Å². The minimum atomic E-state index is -6.42. The number of aromatic amines is 2. The molecular formula is C34H49N15O26P5+. The number of aryl methyl sites for hydroxylation is 1. The van der Waals surface area contributed by atoms with Crippen LogP contribution in [0, 0.1) is 0 Å². The van der Waals surface area contributed by atoms with Crippen LogP contribution in [0.4, 0.5) is 17.7 Å². The highest BCUT2D eigenvalue weighted by Gasteiger charge is 2.55. The van der Waals surface area contributed by atoms with Gasteiger partial charge in [0.05, 0.1) is 39.1 Å². The summed E-state index contributed by atoms with van der Waals surface area (Å²) in [5, 5.41) is 35.7. The molecule has 0 saturated carbocycles. The van der Waals surface area contributed by atoms with Gasteiger partial charge in [-0.15, -0.1) is 0 Å². The summed E-state index contributed by atoms with van der Waals surface area (Å²) in [5.74, 6) is -0.425. The van der Waals surface area contributed by atoms with Gasteiger partial charge < -0.3 is 80.3 Å². The van der Waals surface area contributed by atoms with E-state index in [2.05, 4.69) is 58.1 Å². The lowest BCUT2D eigenvalue weighted by Gasteiger charge is -2.26. The molecule has 41 nitrogen and oxygen atoms in total. The molecule has 9 rings (SSSR count). The van der Waals surface area contributed by atoms with Crippen molar-refractivity contribution < 1.29 is 117 Å². The van der Waals surface area contributed by atoms with E-state index in [-0.39, 0.29) is 51.2 Å². The van der Waals surface area contributed by atoms with Crippen molar-refractivity contribution in [2.75, 3.05) is 57.4 Å². The number of phosphoric ester groups is 2. The zero-order valence-corrected chi connectivity index (χ0v) is 45.6. The number of nitrogens with zero attached hydrogens (tertiary/aromatic N) is 10. The third-order valence-electron chi connectivity index (χ3n) is 12.2. The molecule has 0 spiro atoms. The van der Waals surface area contributed by atoms with E-state index in [9.17, 15) is 72.2 Å². The Morgan fingerprint density at radius 1 is 0.688 bits per heavy atom. The molecule has 3 aliphatic rings. The zero-order chi connectivity index (χ0) is 58.2. The smallest absolute Gasteiger partial charge is 0.387 e. The lowest BCUT2D eigenvalue weighted by molar-refractivity contribution is -0.745. The first-order valence-electron chi connectivity index (χ1n) is 22.6. The molecule has 6 aromatic rings. The van der Waals surface area contributed by atoms with Gasteiger partial charge in [0, 0.05) is 21.3 Å². The van der Waals surface area contributed by atoms with E-state index in [4.69, 9.17) is 48.7 Å². The van der Waals surface area contributed by atoms with Crippen LogP contribution in [-0.2, 0) is 80.1 Å². The molecule has 80 heavy (non-hydrogen) atoms. The summed E-state index contributed by atoms with van der Waals surface area (Å²) < 4.78 is 128. The largest absolute Gasteiger partial charge is 0.490 e. The SMILES string of the molecule is CNc1ncnc2c1ncn2[C@@H]1O[C@H](CP(=O)(O)OP(=O)(O)OP(=O)(O)OP(=O)(O)OC[C@H]2O[C@@H]([n+]3cn(C)c4c(=O)[nH]c(N)nc43)C(O)[C@H]2OC)C(OP(=O)(O)OC[C@H]2O[C@@H](n3cnc4c(=O)[nH]c(N)nc43)[C@@H](O)C2O)[C@@H]1OC. The van der Waals surface area contributed by atoms with Gasteiger partial charge in [-0.25, -0.2) is 47.1 Å². The molecule has 9 heterocycles. The molecule has 0 aromatic carbocycles. The predicted octanol–water partition coefficient (Wildman–Crippen LogP) is -3.41. The Labute approximate surface area is 444 Å². The van der Waals surface area contributed by atoms with Gasteiger partial charge in [-0.1, -0.05) is 4.98 Å². The minimum absolute atomic E-state index is 0.00300. The first kappa shape index (κ1) is 59.7. The van der Waals surface area contributed by atoms with Crippen LogP contribution >= 0.6 is 38.9 Å². The van der Waals surface area contributed by atoms with E-state index in [1.54, 1.807) is 0 Å². The molecule has 0 radical (unpaired) electrons. The molecule has 46 heteroatoms. The number of nitrogens with one attached hydrogen (secondary N) is 3. The summed E-state index contributed by atoms with van der Waals surface area (Å²) >= 11 is 0. The Balaban J connectivity index is 0.879. The van der Waals surface area contributed by atoms with Crippen molar-refractivity contribution >= 4 is 90.1 Å². The fraction of sp³-hybridized carbons (Fsp3) is 0.559. The van der Waals surface area contributed by atoms with Gasteiger partial charge in [0.1, 0.15) is 66.8 Å². The normalized spacial score (nSPS) is 30.1. The van der Waals surface area contributed by atoms with Gasteiger partial charge in [0.25, 0.3) is 17.1 Å². The van der Waals surface area contributed by atoms with Crippen molar-refractivity contribution in [3.63, 3.8) is 0 Å². The monoisotopic (exact) mass is 1240 g/mol. The lowest BCUT2D eigenvalue weighted by atomic mass is 10.1. The number of hydrogen-bond acceptors (Lipinski definition) is 30. The minimum Gasteiger partial charge on any atom is -0.387 e. The van der Waals surface area contributed by atoms with Gasteiger partial charge >= 0.3 is 44.5 Å². The molecule has 0 aliphatic carbocycles. The molecule has 3 fully saturated rings. The van der Waals surface area contributed by atoms with Crippen LogP contribution in [0.25, 0.3) is 33.5 Å². The van der Waals surface area contributed by atoms with Crippen molar-refractivity contribution in [1.29, 1.82) is 0 Å². The van der Waals surface area contributed by atoms with Crippen LogP contribution in [0.3, 0.4) is 0 Å². The molecule has 0 amide bonds. The molecule has 15 N–H and O–H groups in total. The molecular weight excluding hydrogens is 1190 g/mol. The molecule has 440 valence electrons. The summed E-state index contributed by atoms with van der Waals surface area (Å²) in [6, 6.07) is 0. The Kier molecular flexibility index (Phi) is 16.6. The molecule has 17 atom stereocenters. The zero-order valence-electron chi connectivity index (χ0n) is 41.1. The van der Waals surface area contributed by atoms with Crippen LogP contribution in [0.1, 0.15) is 18.7 Å². The van der Waals surface area contributed by atoms with Crippen LogP contribution in [-0.4, -0.2) is 189 Å². The topological polar surface area (TPSA) is 575 Å². The highest BCUT2D eigenvalue weighted by molar-refractivity contribution is 7.70. The average Bonchev–Trinajstić information content (AvgIpc) is 4.30. The van der Waals surface area contributed by atoms with E-state index in [1.165, 1.54) is 34.1 Å². The van der Waals surface area contributed by atoms with Gasteiger partial charge in [-0.3, -0.25) is 51.4 Å². The van der Waals surface area contributed by atoms with E-state index >= 15 is 0 Å². The van der Waals surface area contributed by atoms with E-state index in [0.29, 0.717) is 0 Å². The Bertz CT molecular complexity index is 3690. The van der Waals surface area contributed by atoms with Gasteiger partial charge in [0.2, 0.25) is 17.7 Å². The highest BCUT2D eigenvalue weighted by Crippen LogP contribution is 2.72. The third kappa shape index (κ3) is 12.1. The first-order chi connectivity index (χ1) is 37.4. The molecule has 8 unspecified atom stereocenters. The number of ether oxygens (including phenoxy) is 5. The second-order valence-electron chi connectivity index (χ2n) is 17.5. The number of aliphatic hydroxyl groups is 3. The number of methoxy groups -OCH3 is 2. The summed E-state index contributed by atoms with van der Waals surface area (Å²) in [6.07, 6.45) is -17.0. The number of nitrogen functional groups attached to an aromatic ring is 2. The van der Waals surface area contributed by atoms with Gasteiger partial charge in [-0.05, 0) is 0 Å². The van der Waals surface area contributed by atoms with Crippen molar-refractivity contribution in [1.82, 2.24) is 53.6 Å². The molecule has 6 aromatic heterocycles. The summed E-state index contributed by atoms with van der Waals surface area (Å²) in [6.45, 7) is -2.11. The Morgan fingerprint density at radius 2 is 1.29 bits per heavy atom. The van der Waals surface area contributed by atoms with Crippen LogP contribution in [0.2, 0.25) is 0 Å². The molecule has 3 saturated heterocycles. The fourth-order valence-electron chi connectivity index (χ4n) is 8.99. The number of hydrogen-bond donors (Lipinski definition) is 13. The van der Waals surface area contributed by atoms with Crippen LogP contribution in [0.15, 0.2) is 34.9 Å². The first-order valence-corrected chi connectivity index (χ1v) is 30.3. The number of anilines is 3. The molecule has 3 aliphatic heterocycles. The van der Waals surface area contributed by atoms with E-state index in [1.807, 2.05) is 0 Å². The van der Waals surface area contributed by atoms with Crippen LogP contribution < -0.4 is 32.5 Å². The maximum Gasteiger partial charge on any atom is 0.490 e. The Hall–Kier alpha value is -4.96. The number of aromatic nitrogens is 12. The van der Waals surface area contributed by atoms with Crippen molar-refractivity contribution in [2.45, 2.75) is 73.6 Å². The number of phosphoric acid groups is 4. The van der Waals surface area contributed by atoms with E-state index < -0.39 is 143 Å². The standard InChI is InChI=1S/C34H48N15O26P5/c1-37-24-15-25(39-8-38-24)47(9-40-15)32-23(66-4)22(72-77(57,58)67-5-12-18(50)19(51)30(69-12)48-10-41-16-26(48)42-33(35)44-28(16)53)14(71-32)7-76(55,56)73-79(61,62)75-80(63,64)74-78(59,60)68-6-13-21(65-3)20(52)31(70-13)49-11-46(2)17-27(49)43-34(36)45-29(17)54/h8-14,18-23,30-32,50-52H,5-7H2,1-4H3,(H11-,35,36,37,38,39,42,43,44,45,53,54,55,56,57,58,59,60,61,62,63,64)/p+1/t12-,13-,14-,18?,19+,20?,21+,22?,23+,30-,31-,32-/m1/s1. The second kappa shape index (κ2) is 22.3. The van der Waals surface area contributed by atoms with Crippen molar-refractivity contribution in [3.8, 4) is 0 Å². The van der Waals surface area contributed by atoms with Crippen molar-refractivity contribution in [3.05, 3.63) is 46.0 Å². The van der Waals surface area contributed by atoms with Gasteiger partial charge in [0.15, 0.2) is 41.4 Å². The van der Waals surface area contributed by atoms with Crippen LogP contribution in [0.5, 0.6) is 0 Å². The highest BCUT2D eigenvalue weighted by atomic mass is 31.3. The lowest BCUT2D eigenvalue weighted by Crippen LogP contribution is -2.46. The average molecular weight is 1240 g/mol. The number of nitrogens with two attached hydrogens (primary N) is 2. The Morgan fingerprint density at radius 3 is 1.98 bits per heavy atom. The van der Waals surface area contributed by atoms with Crippen molar-refractivity contribution in [2.24, 2.45) is 7.05 Å². The number of rotatable bonds is 22. The summed E-state index contributed by atoms with van der Waals surface area (Å²) in [4.78, 5) is 107. The number of imidazole rings is 3. The summed E-state index contributed by atoms with van der Waals surface area (Å²) in [5.41, 5.74) is 9.65. The fourth-order valence-corrected chi connectivity index (χ4v) is 15.6. The predicted molar refractivity (Wildman–Crippen MR) is 259 cm³/mol. The molecule has 0 bridgehead atoms. The third-order valence-corrected chi connectivity index (χ3v) is 19.7. The quantitative estimate of drug-likeness (QED) is 0.0233. The maximum atomic E-state index is 13.8. The number of H-pyrrole nitrogens is 2. The number of aliphatic hydroxyl groups excluding tert-OH is 3. The maximum absolute atomic E-state index is 13.8. The van der Waals surface area contributed by atoms with E-state index in [0.717, 1.165) is 37.8 Å². The second-order valence-corrected chi connectivity index (χ2v) is 25.6. The number of fused-ring (bicyclic) bond motifs is 3.